The molecule has 0 aliphatic carbocycles. The van der Waals surface area contributed by atoms with E-state index in [2.05, 4.69) is 0 Å². The predicted molar refractivity (Wildman–Crippen MR) is 111 cm³/mol. The summed E-state index contributed by atoms with van der Waals surface area (Å²) < 4.78 is 24.6. The van der Waals surface area contributed by atoms with Crippen LogP contribution in [0.1, 0.15) is 43.7 Å². The van der Waals surface area contributed by atoms with Gasteiger partial charge in [-0.15, -0.1) is 0 Å². The molecule has 0 saturated heterocycles. The zero-order valence-corrected chi connectivity index (χ0v) is 17.2. The fourth-order valence-corrected chi connectivity index (χ4v) is 4.59. The second kappa shape index (κ2) is 11.8. The van der Waals surface area contributed by atoms with E-state index < -0.39 is 19.7 Å². The van der Waals surface area contributed by atoms with Crippen LogP contribution in [0.2, 0.25) is 0 Å². The van der Waals surface area contributed by atoms with Gasteiger partial charge < -0.3 is 9.63 Å². The van der Waals surface area contributed by atoms with Crippen molar-refractivity contribution in [3.05, 3.63) is 71.8 Å². The first kappa shape index (κ1) is 22.4. The number of hydrogen-bond acceptors (Lipinski definition) is 4. The van der Waals surface area contributed by atoms with E-state index in [0.717, 1.165) is 24.0 Å². The molecule has 2 atom stereocenters. The van der Waals surface area contributed by atoms with Crippen molar-refractivity contribution >= 4 is 13.6 Å². The topological polar surface area (TPSA) is 72.8 Å². The summed E-state index contributed by atoms with van der Waals surface area (Å²) >= 11 is 0. The maximum Gasteiger partial charge on any atom is 0.333 e. The molecule has 0 saturated carbocycles. The zero-order valence-electron chi connectivity index (χ0n) is 16.3. The van der Waals surface area contributed by atoms with Gasteiger partial charge in [0.25, 0.3) is 0 Å². The summed E-state index contributed by atoms with van der Waals surface area (Å²) in [5.74, 6) is -1.10. The third kappa shape index (κ3) is 7.97. The van der Waals surface area contributed by atoms with Gasteiger partial charge in [0.2, 0.25) is 0 Å². The second-order valence-electron chi connectivity index (χ2n) is 6.76. The highest BCUT2D eigenvalue weighted by molar-refractivity contribution is 7.53. The molecule has 0 aromatic heterocycles. The molecule has 0 fully saturated rings. The van der Waals surface area contributed by atoms with E-state index in [1.807, 2.05) is 67.6 Å². The molecule has 6 heteroatoms. The van der Waals surface area contributed by atoms with Gasteiger partial charge in [-0.1, -0.05) is 80.4 Å². The Morgan fingerprint density at radius 2 is 1.61 bits per heavy atom. The molecule has 0 spiro atoms. The van der Waals surface area contributed by atoms with Crippen molar-refractivity contribution < 1.29 is 23.5 Å². The number of aliphatic carboxylic acids is 1. The fourth-order valence-electron chi connectivity index (χ4n) is 2.82. The van der Waals surface area contributed by atoms with E-state index in [1.165, 1.54) is 0 Å². The van der Waals surface area contributed by atoms with Gasteiger partial charge in [0.05, 0.1) is 12.8 Å². The summed E-state index contributed by atoms with van der Waals surface area (Å²) in [6, 6.07) is 19.3. The van der Waals surface area contributed by atoms with E-state index in [9.17, 15) is 14.5 Å². The largest absolute Gasteiger partial charge is 0.479 e. The molecule has 0 aliphatic rings. The Balaban J connectivity index is 2.03. The third-order valence-electron chi connectivity index (χ3n) is 4.39. The van der Waals surface area contributed by atoms with Crippen LogP contribution in [0.15, 0.2) is 60.7 Å². The Kier molecular flexibility index (Phi) is 9.42. The molecule has 2 rings (SSSR count). The molecule has 5 nitrogen and oxygen atoms in total. The molecule has 1 unspecified atom stereocenters. The Labute approximate surface area is 167 Å². The van der Waals surface area contributed by atoms with Crippen molar-refractivity contribution in [2.75, 3.05) is 6.16 Å². The van der Waals surface area contributed by atoms with Crippen LogP contribution < -0.4 is 0 Å². The molecular weight excluding hydrogens is 375 g/mol. The van der Waals surface area contributed by atoms with E-state index in [-0.39, 0.29) is 12.8 Å². The van der Waals surface area contributed by atoms with Crippen molar-refractivity contribution in [1.29, 1.82) is 0 Å². The standard InChI is InChI=1S/C22H29O5P/c1-2-3-16-21(22(23)24)27-28(25,26-18-20-13-8-5-9-14-20)17-10-15-19-11-6-4-7-12-19/h4-9,11-14,21H,2-3,10,15-18H2,1H3,(H,23,24)/t21-,28?/m1/s1. The first-order chi connectivity index (χ1) is 13.5. The number of carboxylic acids is 1. The van der Waals surface area contributed by atoms with Crippen LogP contribution in [-0.2, 0) is 31.4 Å². The summed E-state index contributed by atoms with van der Waals surface area (Å²) in [6.07, 6.45) is 2.26. The van der Waals surface area contributed by atoms with Crippen LogP contribution in [0.25, 0.3) is 0 Å². The number of carbonyl (C=O) groups is 1. The van der Waals surface area contributed by atoms with Crippen LogP contribution >= 0.6 is 7.60 Å². The van der Waals surface area contributed by atoms with Crippen molar-refractivity contribution in [2.45, 2.75) is 51.7 Å². The van der Waals surface area contributed by atoms with Crippen LogP contribution in [0.5, 0.6) is 0 Å². The summed E-state index contributed by atoms with van der Waals surface area (Å²) in [7, 11) is -3.55. The normalized spacial score (nSPS) is 14.3. The summed E-state index contributed by atoms with van der Waals surface area (Å²) in [4.78, 5) is 11.6. The molecule has 2 aromatic carbocycles. The number of aryl methyl sites for hydroxylation is 1. The molecule has 28 heavy (non-hydrogen) atoms. The highest BCUT2D eigenvalue weighted by Crippen LogP contribution is 2.51. The highest BCUT2D eigenvalue weighted by atomic mass is 31.2. The number of hydrogen-bond donors (Lipinski definition) is 1. The highest BCUT2D eigenvalue weighted by Gasteiger charge is 2.32. The number of benzene rings is 2. The average molecular weight is 404 g/mol. The first-order valence-electron chi connectivity index (χ1n) is 9.75. The zero-order chi connectivity index (χ0) is 20.2. The average Bonchev–Trinajstić information content (AvgIpc) is 2.71. The Bertz CT molecular complexity index is 748. The Hall–Kier alpha value is -1.94. The van der Waals surface area contributed by atoms with Crippen molar-refractivity contribution in [1.82, 2.24) is 0 Å². The number of rotatable bonds is 13. The quantitative estimate of drug-likeness (QED) is 0.434. The summed E-state index contributed by atoms with van der Waals surface area (Å²) in [6.45, 7) is 2.10. The predicted octanol–water partition coefficient (Wildman–Crippen LogP) is 5.69. The van der Waals surface area contributed by atoms with E-state index in [0.29, 0.717) is 19.3 Å². The van der Waals surface area contributed by atoms with Crippen molar-refractivity contribution in [2.24, 2.45) is 0 Å². The molecule has 0 amide bonds. The minimum Gasteiger partial charge on any atom is -0.479 e. The SMILES string of the molecule is CCCC[C@@H](OP(=O)(CCCc1ccccc1)OCc1ccccc1)C(=O)O. The van der Waals surface area contributed by atoms with E-state index in [1.54, 1.807) is 0 Å². The molecular formula is C22H29O5P. The Morgan fingerprint density at radius 3 is 2.18 bits per heavy atom. The third-order valence-corrected chi connectivity index (χ3v) is 6.36. The van der Waals surface area contributed by atoms with Gasteiger partial charge in [-0.3, -0.25) is 9.09 Å². The number of carboxylic acid groups (broad SMARTS) is 1. The lowest BCUT2D eigenvalue weighted by atomic mass is 10.1. The second-order valence-corrected chi connectivity index (χ2v) is 8.90. The molecule has 0 aliphatic heterocycles. The van der Waals surface area contributed by atoms with Gasteiger partial charge in [0.1, 0.15) is 0 Å². The lowest BCUT2D eigenvalue weighted by Gasteiger charge is -2.23. The minimum absolute atomic E-state index is 0.129. The van der Waals surface area contributed by atoms with Gasteiger partial charge in [-0.05, 0) is 30.4 Å². The van der Waals surface area contributed by atoms with Crippen LogP contribution in [0, 0.1) is 0 Å². The maximum absolute atomic E-state index is 13.3. The lowest BCUT2D eigenvalue weighted by Crippen LogP contribution is -2.24. The van der Waals surface area contributed by atoms with Gasteiger partial charge in [0, 0.05) is 0 Å². The minimum atomic E-state index is -3.55. The lowest BCUT2D eigenvalue weighted by molar-refractivity contribution is -0.145. The van der Waals surface area contributed by atoms with Gasteiger partial charge >= 0.3 is 13.6 Å². The first-order valence-corrected chi connectivity index (χ1v) is 11.5. The number of unbranched alkanes of at least 4 members (excludes halogenated alkanes) is 1. The summed E-state index contributed by atoms with van der Waals surface area (Å²) in [5.41, 5.74) is 2.01. The molecule has 0 bridgehead atoms. The Morgan fingerprint density at radius 1 is 1.00 bits per heavy atom. The van der Waals surface area contributed by atoms with Crippen LogP contribution in [0.4, 0.5) is 0 Å². The molecule has 2 aromatic rings. The van der Waals surface area contributed by atoms with Crippen LogP contribution in [0.3, 0.4) is 0 Å². The smallest absolute Gasteiger partial charge is 0.333 e. The molecule has 152 valence electrons. The summed E-state index contributed by atoms with van der Waals surface area (Å²) in [5, 5.41) is 9.45. The monoisotopic (exact) mass is 404 g/mol. The van der Waals surface area contributed by atoms with Crippen LogP contribution in [-0.4, -0.2) is 23.3 Å². The van der Waals surface area contributed by atoms with Gasteiger partial charge in [-0.2, -0.15) is 0 Å². The van der Waals surface area contributed by atoms with E-state index >= 15 is 0 Å². The van der Waals surface area contributed by atoms with Crippen molar-refractivity contribution in [3.8, 4) is 0 Å². The van der Waals surface area contributed by atoms with Gasteiger partial charge in [-0.25, -0.2) is 4.79 Å². The van der Waals surface area contributed by atoms with Crippen molar-refractivity contribution in [3.63, 3.8) is 0 Å². The fraction of sp³-hybridized carbons (Fsp3) is 0.409. The molecule has 0 radical (unpaired) electrons. The van der Waals surface area contributed by atoms with Gasteiger partial charge in [0.15, 0.2) is 6.10 Å². The molecule has 0 heterocycles. The maximum atomic E-state index is 13.3. The van der Waals surface area contributed by atoms with E-state index in [4.69, 9.17) is 9.05 Å². The molecule has 1 N–H and O–H groups in total.